The maximum atomic E-state index is 12.4. The lowest BCUT2D eigenvalue weighted by Crippen LogP contribution is -2.49. The van der Waals surface area contributed by atoms with E-state index in [9.17, 15) is 9.59 Å². The molecule has 0 saturated carbocycles. The third kappa shape index (κ3) is 3.80. The molecule has 0 aliphatic carbocycles. The number of carbonyl (C=O) groups is 2. The SMILES string of the molecule is O=C(OCc1ccccc1)C1(C(=O)OCc2ccccc2)OC=CO1. The molecule has 0 unspecified atom stereocenters. The first kappa shape index (κ1) is 16.6. The zero-order valence-corrected chi connectivity index (χ0v) is 13.3. The number of benzene rings is 2. The second kappa shape index (κ2) is 7.53. The second-order valence-corrected chi connectivity index (χ2v) is 5.25. The predicted octanol–water partition coefficient (Wildman–Crippen LogP) is 2.69. The molecule has 0 atom stereocenters. The van der Waals surface area contributed by atoms with Gasteiger partial charge in [-0.3, -0.25) is 0 Å². The van der Waals surface area contributed by atoms with Gasteiger partial charge in [-0.15, -0.1) is 0 Å². The highest BCUT2D eigenvalue weighted by atomic mass is 16.8. The van der Waals surface area contributed by atoms with Gasteiger partial charge in [-0.05, 0) is 11.1 Å². The van der Waals surface area contributed by atoms with Crippen molar-refractivity contribution in [1.29, 1.82) is 0 Å². The Morgan fingerprint density at radius 1 is 0.720 bits per heavy atom. The summed E-state index contributed by atoms with van der Waals surface area (Å²) in [6.07, 6.45) is 2.21. The molecule has 0 N–H and O–H groups in total. The van der Waals surface area contributed by atoms with Gasteiger partial charge in [-0.2, -0.15) is 0 Å². The van der Waals surface area contributed by atoms with Crippen LogP contribution in [0.5, 0.6) is 0 Å². The van der Waals surface area contributed by atoms with Crippen molar-refractivity contribution < 1.29 is 28.5 Å². The van der Waals surface area contributed by atoms with Crippen LogP contribution in [0.15, 0.2) is 73.2 Å². The first-order valence-electron chi connectivity index (χ1n) is 7.64. The van der Waals surface area contributed by atoms with Crippen molar-refractivity contribution in [3.63, 3.8) is 0 Å². The van der Waals surface area contributed by atoms with E-state index in [1.54, 1.807) is 24.3 Å². The van der Waals surface area contributed by atoms with Crippen LogP contribution in [0.4, 0.5) is 0 Å². The fourth-order valence-electron chi connectivity index (χ4n) is 2.19. The van der Waals surface area contributed by atoms with E-state index in [0.717, 1.165) is 23.7 Å². The molecule has 0 aromatic heterocycles. The van der Waals surface area contributed by atoms with Crippen LogP contribution in [0.1, 0.15) is 11.1 Å². The van der Waals surface area contributed by atoms with Gasteiger partial charge in [0.25, 0.3) is 0 Å². The Bertz CT molecular complexity index is 688. The van der Waals surface area contributed by atoms with Gasteiger partial charge in [0.05, 0.1) is 0 Å². The Morgan fingerprint density at radius 2 is 1.12 bits per heavy atom. The molecule has 0 amide bonds. The van der Waals surface area contributed by atoms with Gasteiger partial charge in [-0.1, -0.05) is 60.7 Å². The molecule has 0 spiro atoms. The number of rotatable bonds is 6. The summed E-state index contributed by atoms with van der Waals surface area (Å²) >= 11 is 0. The zero-order valence-electron chi connectivity index (χ0n) is 13.3. The highest BCUT2D eigenvalue weighted by Crippen LogP contribution is 2.25. The summed E-state index contributed by atoms with van der Waals surface area (Å²) in [5, 5.41) is 0. The first-order valence-corrected chi connectivity index (χ1v) is 7.64. The Hall–Kier alpha value is -3.28. The van der Waals surface area contributed by atoms with Crippen LogP contribution in [0.3, 0.4) is 0 Å². The quantitative estimate of drug-likeness (QED) is 0.595. The standard InChI is InChI=1S/C19H16O6/c20-17(22-13-15-7-3-1-4-8-15)19(24-11-12-25-19)18(21)23-14-16-9-5-2-6-10-16/h1-12H,13-14H2. The van der Waals surface area contributed by atoms with Crippen LogP contribution >= 0.6 is 0 Å². The summed E-state index contributed by atoms with van der Waals surface area (Å²) in [5.74, 6) is -4.21. The topological polar surface area (TPSA) is 71.1 Å². The molecule has 0 fully saturated rings. The summed E-state index contributed by atoms with van der Waals surface area (Å²) < 4.78 is 20.5. The smallest absolute Gasteiger partial charge is 0.452 e. The fourth-order valence-corrected chi connectivity index (χ4v) is 2.19. The highest BCUT2D eigenvalue weighted by molar-refractivity contribution is 6.02. The molecule has 6 nitrogen and oxygen atoms in total. The summed E-state index contributed by atoms with van der Waals surface area (Å²) in [4.78, 5) is 24.8. The zero-order chi connectivity index (χ0) is 17.5. The van der Waals surface area contributed by atoms with E-state index in [2.05, 4.69) is 0 Å². The molecule has 2 aromatic rings. The van der Waals surface area contributed by atoms with Crippen LogP contribution in [-0.2, 0) is 41.8 Å². The molecule has 1 aliphatic rings. The van der Waals surface area contributed by atoms with Crippen LogP contribution in [0.2, 0.25) is 0 Å². The lowest BCUT2D eigenvalue weighted by atomic mass is 10.2. The number of hydrogen-bond donors (Lipinski definition) is 0. The Morgan fingerprint density at radius 3 is 1.52 bits per heavy atom. The lowest BCUT2D eigenvalue weighted by Gasteiger charge is -2.23. The molecule has 3 rings (SSSR count). The van der Waals surface area contributed by atoms with Gasteiger partial charge < -0.3 is 18.9 Å². The van der Waals surface area contributed by atoms with E-state index < -0.39 is 17.7 Å². The fraction of sp³-hybridized carbons (Fsp3) is 0.158. The maximum Gasteiger partial charge on any atom is 0.452 e. The van der Waals surface area contributed by atoms with Crippen molar-refractivity contribution in [3.8, 4) is 0 Å². The Labute approximate surface area is 144 Å². The molecule has 128 valence electrons. The van der Waals surface area contributed by atoms with Crippen LogP contribution in [-0.4, -0.2) is 17.7 Å². The van der Waals surface area contributed by atoms with Gasteiger partial charge in [0.1, 0.15) is 25.7 Å². The van der Waals surface area contributed by atoms with E-state index in [1.807, 2.05) is 36.4 Å². The molecule has 0 radical (unpaired) electrons. The Balaban J connectivity index is 1.63. The van der Waals surface area contributed by atoms with Crippen molar-refractivity contribution in [2.45, 2.75) is 19.0 Å². The van der Waals surface area contributed by atoms with Crippen molar-refractivity contribution in [1.82, 2.24) is 0 Å². The number of ether oxygens (including phenoxy) is 4. The highest BCUT2D eigenvalue weighted by Gasteiger charge is 2.56. The van der Waals surface area contributed by atoms with Crippen LogP contribution in [0.25, 0.3) is 0 Å². The number of esters is 2. The third-order valence-electron chi connectivity index (χ3n) is 3.49. The average molecular weight is 340 g/mol. The molecular formula is C19H16O6. The molecule has 1 aliphatic heterocycles. The van der Waals surface area contributed by atoms with Crippen molar-refractivity contribution >= 4 is 11.9 Å². The number of hydrogen-bond acceptors (Lipinski definition) is 6. The van der Waals surface area contributed by atoms with Gasteiger partial charge in [0.15, 0.2) is 0 Å². The summed E-state index contributed by atoms with van der Waals surface area (Å²) in [6, 6.07) is 18.1. The molecule has 25 heavy (non-hydrogen) atoms. The Kier molecular flexibility index (Phi) is 4.99. The lowest BCUT2D eigenvalue weighted by molar-refractivity contribution is -0.218. The minimum atomic E-state index is -2.26. The maximum absolute atomic E-state index is 12.4. The van der Waals surface area contributed by atoms with Gasteiger partial charge in [-0.25, -0.2) is 9.59 Å². The summed E-state index contributed by atoms with van der Waals surface area (Å²) in [7, 11) is 0. The van der Waals surface area contributed by atoms with E-state index in [0.29, 0.717) is 0 Å². The van der Waals surface area contributed by atoms with Gasteiger partial charge >= 0.3 is 17.7 Å². The minimum absolute atomic E-state index is 0.0138. The van der Waals surface area contributed by atoms with E-state index >= 15 is 0 Å². The average Bonchev–Trinajstić information content (AvgIpc) is 3.17. The first-order chi connectivity index (χ1) is 12.2. The van der Waals surface area contributed by atoms with Crippen LogP contribution in [0, 0.1) is 0 Å². The van der Waals surface area contributed by atoms with Crippen molar-refractivity contribution in [3.05, 3.63) is 84.3 Å². The second-order valence-electron chi connectivity index (χ2n) is 5.25. The predicted molar refractivity (Wildman–Crippen MR) is 86.5 cm³/mol. The molecule has 0 bridgehead atoms. The summed E-state index contributed by atoms with van der Waals surface area (Å²) in [5.41, 5.74) is 1.55. The molecule has 0 saturated heterocycles. The van der Waals surface area contributed by atoms with Crippen LogP contribution < -0.4 is 0 Å². The van der Waals surface area contributed by atoms with E-state index in [1.165, 1.54) is 0 Å². The normalized spacial score (nSPS) is 14.2. The van der Waals surface area contributed by atoms with Crippen molar-refractivity contribution in [2.24, 2.45) is 0 Å². The minimum Gasteiger partial charge on any atom is -0.455 e. The monoisotopic (exact) mass is 340 g/mol. The summed E-state index contributed by atoms with van der Waals surface area (Å²) in [6.45, 7) is -0.0276. The molecule has 1 heterocycles. The van der Waals surface area contributed by atoms with Gasteiger partial charge in [0, 0.05) is 0 Å². The third-order valence-corrected chi connectivity index (χ3v) is 3.49. The number of carbonyl (C=O) groups excluding carboxylic acids is 2. The molecule has 2 aromatic carbocycles. The molecular weight excluding hydrogens is 324 g/mol. The molecule has 6 heteroatoms. The van der Waals surface area contributed by atoms with E-state index in [-0.39, 0.29) is 13.2 Å². The van der Waals surface area contributed by atoms with Gasteiger partial charge in [0.2, 0.25) is 0 Å². The largest absolute Gasteiger partial charge is 0.455 e. The van der Waals surface area contributed by atoms with E-state index in [4.69, 9.17) is 18.9 Å². The van der Waals surface area contributed by atoms with Crippen molar-refractivity contribution in [2.75, 3.05) is 0 Å².